The highest BCUT2D eigenvalue weighted by Gasteiger charge is 2.11. The lowest BCUT2D eigenvalue weighted by molar-refractivity contribution is 0.354. The van der Waals surface area contributed by atoms with E-state index in [2.05, 4.69) is 17.2 Å². The van der Waals surface area contributed by atoms with Crippen molar-refractivity contribution in [2.75, 3.05) is 14.2 Å². The summed E-state index contributed by atoms with van der Waals surface area (Å²) in [4.78, 5) is 5.57. The number of hydrogen-bond acceptors (Lipinski definition) is 5. The lowest BCUT2D eigenvalue weighted by atomic mass is 10.1. The number of aryl methyl sites for hydroxylation is 1. The Morgan fingerprint density at radius 1 is 1.25 bits per heavy atom. The summed E-state index contributed by atoms with van der Waals surface area (Å²) in [5.41, 5.74) is 4.15. The first-order valence-corrected chi connectivity index (χ1v) is 7.38. The van der Waals surface area contributed by atoms with Crippen molar-refractivity contribution in [3.8, 4) is 11.5 Å². The minimum atomic E-state index is 0.288. The molecule has 1 atom stereocenters. The minimum Gasteiger partial charge on any atom is -0.493 e. The largest absolute Gasteiger partial charge is 0.493 e. The predicted molar refractivity (Wildman–Crippen MR) is 81.7 cm³/mol. The molecule has 0 amide bonds. The second kappa shape index (κ2) is 6.72. The molecule has 1 aromatic heterocycles. The molecule has 2 rings (SSSR count). The molecule has 1 aromatic carbocycles. The first-order valence-electron chi connectivity index (χ1n) is 6.50. The van der Waals surface area contributed by atoms with Gasteiger partial charge in [0.2, 0.25) is 0 Å². The van der Waals surface area contributed by atoms with E-state index in [1.165, 1.54) is 4.88 Å². The Morgan fingerprint density at radius 2 is 2.00 bits per heavy atom. The number of nitrogens with zero attached hydrogens (tertiary/aromatic N) is 1. The third-order valence-electron chi connectivity index (χ3n) is 3.24. The zero-order chi connectivity index (χ0) is 14.5. The molecule has 1 unspecified atom stereocenters. The van der Waals surface area contributed by atoms with Gasteiger partial charge < -0.3 is 14.8 Å². The van der Waals surface area contributed by atoms with Crippen molar-refractivity contribution in [2.24, 2.45) is 0 Å². The molecule has 0 aliphatic rings. The van der Waals surface area contributed by atoms with Crippen LogP contribution in [0.4, 0.5) is 0 Å². The van der Waals surface area contributed by atoms with Gasteiger partial charge in [-0.1, -0.05) is 6.07 Å². The van der Waals surface area contributed by atoms with Crippen molar-refractivity contribution in [3.05, 3.63) is 39.8 Å². The van der Waals surface area contributed by atoms with Gasteiger partial charge in [0.15, 0.2) is 11.5 Å². The van der Waals surface area contributed by atoms with E-state index < -0.39 is 0 Å². The highest BCUT2D eigenvalue weighted by atomic mass is 32.1. The predicted octanol–water partition coefficient (Wildman–Crippen LogP) is 3.32. The van der Waals surface area contributed by atoms with Gasteiger partial charge in [-0.05, 0) is 31.5 Å². The Kier molecular flexibility index (Phi) is 4.98. The van der Waals surface area contributed by atoms with Crippen molar-refractivity contribution < 1.29 is 9.47 Å². The van der Waals surface area contributed by atoms with Crippen LogP contribution in [0.5, 0.6) is 11.5 Å². The maximum Gasteiger partial charge on any atom is 0.161 e. The molecule has 0 fully saturated rings. The Bertz CT molecular complexity index is 569. The zero-order valence-electron chi connectivity index (χ0n) is 12.3. The smallest absolute Gasteiger partial charge is 0.161 e. The van der Waals surface area contributed by atoms with Crippen molar-refractivity contribution in [1.29, 1.82) is 0 Å². The van der Waals surface area contributed by atoms with Crippen molar-refractivity contribution in [3.63, 3.8) is 0 Å². The van der Waals surface area contributed by atoms with Gasteiger partial charge in [-0.3, -0.25) is 0 Å². The normalized spacial score (nSPS) is 12.2. The number of thiazole rings is 1. The van der Waals surface area contributed by atoms with Crippen LogP contribution in [0.2, 0.25) is 0 Å². The highest BCUT2D eigenvalue weighted by Crippen LogP contribution is 2.28. The van der Waals surface area contributed by atoms with Gasteiger partial charge in [0, 0.05) is 17.5 Å². The third kappa shape index (κ3) is 3.29. The molecule has 0 saturated heterocycles. The van der Waals surface area contributed by atoms with E-state index in [-0.39, 0.29) is 6.04 Å². The van der Waals surface area contributed by atoms with E-state index in [9.17, 15) is 0 Å². The van der Waals surface area contributed by atoms with Crippen LogP contribution in [0, 0.1) is 6.92 Å². The lowest BCUT2D eigenvalue weighted by Crippen LogP contribution is -2.18. The molecular formula is C15H20N2O2S. The van der Waals surface area contributed by atoms with Crippen LogP contribution < -0.4 is 14.8 Å². The standard InChI is InChI=1S/C15H20N2O2S/c1-10(15-11(2)17-9-20-15)16-8-12-5-6-13(18-3)14(7-12)19-4/h5-7,9-10,16H,8H2,1-4H3. The van der Waals surface area contributed by atoms with Gasteiger partial charge in [0.1, 0.15) is 0 Å². The molecule has 0 aliphatic carbocycles. The minimum absolute atomic E-state index is 0.288. The number of hydrogen-bond donors (Lipinski definition) is 1. The van der Waals surface area contributed by atoms with E-state index in [4.69, 9.17) is 9.47 Å². The highest BCUT2D eigenvalue weighted by molar-refractivity contribution is 7.09. The van der Waals surface area contributed by atoms with Crippen LogP contribution in [0.3, 0.4) is 0 Å². The molecule has 20 heavy (non-hydrogen) atoms. The second-order valence-corrected chi connectivity index (χ2v) is 5.48. The van der Waals surface area contributed by atoms with Crippen LogP contribution >= 0.6 is 11.3 Å². The van der Waals surface area contributed by atoms with E-state index in [1.807, 2.05) is 30.6 Å². The van der Waals surface area contributed by atoms with Crippen molar-refractivity contribution in [2.45, 2.75) is 26.4 Å². The van der Waals surface area contributed by atoms with Gasteiger partial charge in [0.05, 0.1) is 25.4 Å². The molecule has 108 valence electrons. The van der Waals surface area contributed by atoms with E-state index >= 15 is 0 Å². The topological polar surface area (TPSA) is 43.4 Å². The maximum absolute atomic E-state index is 5.31. The summed E-state index contributed by atoms with van der Waals surface area (Å²) < 4.78 is 10.6. The van der Waals surface area contributed by atoms with Crippen molar-refractivity contribution >= 4 is 11.3 Å². The summed E-state index contributed by atoms with van der Waals surface area (Å²) in [6.45, 7) is 4.97. The quantitative estimate of drug-likeness (QED) is 0.887. The number of methoxy groups -OCH3 is 2. The van der Waals surface area contributed by atoms with E-state index in [1.54, 1.807) is 25.6 Å². The fourth-order valence-electron chi connectivity index (χ4n) is 2.08. The fourth-order valence-corrected chi connectivity index (χ4v) is 2.92. The Hall–Kier alpha value is -1.59. The first kappa shape index (κ1) is 14.8. The Labute approximate surface area is 123 Å². The van der Waals surface area contributed by atoms with Crippen molar-refractivity contribution in [1.82, 2.24) is 10.3 Å². The first-order chi connectivity index (χ1) is 9.65. The lowest BCUT2D eigenvalue weighted by Gasteiger charge is -2.14. The van der Waals surface area contributed by atoms with Crippen LogP contribution in [-0.4, -0.2) is 19.2 Å². The summed E-state index contributed by atoms with van der Waals surface area (Å²) in [7, 11) is 3.29. The average Bonchev–Trinajstić information content (AvgIpc) is 2.90. The maximum atomic E-state index is 5.31. The summed E-state index contributed by atoms with van der Waals surface area (Å²) in [5.74, 6) is 1.51. The van der Waals surface area contributed by atoms with Crippen LogP contribution in [0.1, 0.15) is 29.1 Å². The average molecular weight is 292 g/mol. The monoisotopic (exact) mass is 292 g/mol. The van der Waals surface area contributed by atoms with Crippen LogP contribution in [0.25, 0.3) is 0 Å². The molecule has 4 nitrogen and oxygen atoms in total. The zero-order valence-corrected chi connectivity index (χ0v) is 13.1. The number of ether oxygens (including phenoxy) is 2. The molecule has 1 heterocycles. The molecule has 0 aliphatic heterocycles. The van der Waals surface area contributed by atoms with Gasteiger partial charge in [-0.25, -0.2) is 4.98 Å². The number of aromatic nitrogens is 1. The van der Waals surface area contributed by atoms with Gasteiger partial charge in [0.25, 0.3) is 0 Å². The molecule has 0 bridgehead atoms. The Morgan fingerprint density at radius 3 is 2.60 bits per heavy atom. The van der Waals surface area contributed by atoms with E-state index in [0.717, 1.165) is 29.3 Å². The van der Waals surface area contributed by atoms with E-state index in [0.29, 0.717) is 0 Å². The molecule has 0 spiro atoms. The number of nitrogens with one attached hydrogen (secondary N) is 1. The van der Waals surface area contributed by atoms with Crippen LogP contribution in [0.15, 0.2) is 23.7 Å². The Balaban J connectivity index is 2.02. The van der Waals surface area contributed by atoms with Gasteiger partial charge in [-0.15, -0.1) is 11.3 Å². The summed E-state index contributed by atoms with van der Waals surface area (Å²) in [6.07, 6.45) is 0. The fraction of sp³-hybridized carbons (Fsp3) is 0.400. The molecule has 1 N–H and O–H groups in total. The summed E-state index contributed by atoms with van der Waals surface area (Å²) in [5, 5.41) is 3.50. The third-order valence-corrected chi connectivity index (χ3v) is 4.35. The number of rotatable bonds is 6. The van der Waals surface area contributed by atoms with Crippen LogP contribution in [-0.2, 0) is 6.54 Å². The van der Waals surface area contributed by atoms with Gasteiger partial charge >= 0.3 is 0 Å². The SMILES string of the molecule is COc1ccc(CNC(C)c2scnc2C)cc1OC. The molecule has 0 saturated carbocycles. The summed E-state index contributed by atoms with van der Waals surface area (Å²) in [6, 6.07) is 6.26. The number of benzene rings is 1. The molecule has 2 aromatic rings. The molecule has 5 heteroatoms. The molecular weight excluding hydrogens is 272 g/mol. The van der Waals surface area contributed by atoms with Gasteiger partial charge in [-0.2, -0.15) is 0 Å². The summed E-state index contributed by atoms with van der Waals surface area (Å²) >= 11 is 1.69. The molecule has 0 radical (unpaired) electrons. The second-order valence-electron chi connectivity index (χ2n) is 4.59.